The van der Waals surface area contributed by atoms with Crippen LogP contribution in [0.1, 0.15) is 19.8 Å². The van der Waals surface area contributed by atoms with Crippen molar-refractivity contribution in [3.05, 3.63) is 0 Å². The number of alkyl halides is 1. The lowest BCUT2D eigenvalue weighted by molar-refractivity contribution is -0.142. The van der Waals surface area contributed by atoms with E-state index in [2.05, 4.69) is 27.5 Å². The number of nitrogens with zero attached hydrogens (tertiary/aromatic N) is 1. The Morgan fingerprint density at radius 3 is 2.75 bits per heavy atom. The molecule has 1 aliphatic rings. The van der Waals surface area contributed by atoms with Gasteiger partial charge in [0.05, 0.1) is 19.8 Å². The van der Waals surface area contributed by atoms with Gasteiger partial charge < -0.3 is 9.47 Å². The Morgan fingerprint density at radius 1 is 1.44 bits per heavy atom. The quantitative estimate of drug-likeness (QED) is 0.317. The first-order valence-electron chi connectivity index (χ1n) is 5.81. The average molecular weight is 341 g/mol. The molecule has 0 spiro atoms. The van der Waals surface area contributed by atoms with Crippen molar-refractivity contribution in [3.63, 3.8) is 0 Å². The van der Waals surface area contributed by atoms with Gasteiger partial charge in [0.1, 0.15) is 3.92 Å². The van der Waals surface area contributed by atoms with E-state index in [4.69, 9.17) is 9.47 Å². The van der Waals surface area contributed by atoms with Crippen molar-refractivity contribution < 1.29 is 14.3 Å². The van der Waals surface area contributed by atoms with Crippen LogP contribution in [0.2, 0.25) is 0 Å². The van der Waals surface area contributed by atoms with Gasteiger partial charge in [0, 0.05) is 13.1 Å². The number of morpholine rings is 1. The summed E-state index contributed by atoms with van der Waals surface area (Å²) in [7, 11) is 0. The summed E-state index contributed by atoms with van der Waals surface area (Å²) in [6.45, 7) is 7.24. The zero-order valence-electron chi connectivity index (χ0n) is 9.78. The number of ether oxygens (including phenoxy) is 2. The number of hydrogen-bond acceptors (Lipinski definition) is 4. The molecule has 0 aromatic heterocycles. The highest BCUT2D eigenvalue weighted by Crippen LogP contribution is 2.03. The third-order valence-corrected chi connectivity index (χ3v) is 3.05. The lowest BCUT2D eigenvalue weighted by Crippen LogP contribution is -2.36. The number of hydrogen-bond donors (Lipinski definition) is 0. The van der Waals surface area contributed by atoms with E-state index < -0.39 is 0 Å². The lowest BCUT2D eigenvalue weighted by atomic mass is 10.3. The average Bonchev–Trinajstić information content (AvgIpc) is 2.29. The fourth-order valence-electron chi connectivity index (χ4n) is 1.55. The number of unbranched alkanes of at least 4 members (excludes halogenated alkanes) is 1. The Kier molecular flexibility index (Phi) is 7.31. The second-order valence-electron chi connectivity index (χ2n) is 3.94. The zero-order chi connectivity index (χ0) is 11.8. The van der Waals surface area contributed by atoms with Crippen LogP contribution < -0.4 is 0 Å². The van der Waals surface area contributed by atoms with Crippen LogP contribution in [0.25, 0.3) is 0 Å². The molecule has 94 valence electrons. The minimum absolute atomic E-state index is 0.0446. The molecule has 0 saturated carbocycles. The Morgan fingerprint density at radius 2 is 2.12 bits per heavy atom. The fourth-order valence-corrected chi connectivity index (χ4v) is 1.73. The first-order valence-corrected chi connectivity index (χ1v) is 7.05. The van der Waals surface area contributed by atoms with Crippen molar-refractivity contribution in [1.29, 1.82) is 0 Å². The second kappa shape index (κ2) is 8.25. The molecule has 1 unspecified atom stereocenters. The van der Waals surface area contributed by atoms with E-state index in [1.54, 1.807) is 0 Å². The highest BCUT2D eigenvalue weighted by Gasteiger charge is 2.11. The molecule has 16 heavy (non-hydrogen) atoms. The summed E-state index contributed by atoms with van der Waals surface area (Å²) in [6.07, 6.45) is 2.04. The summed E-state index contributed by atoms with van der Waals surface area (Å²) < 4.78 is 10.3. The Balaban J connectivity index is 1.93. The monoisotopic (exact) mass is 341 g/mol. The summed E-state index contributed by atoms with van der Waals surface area (Å²) in [5.41, 5.74) is 0. The third-order valence-electron chi connectivity index (χ3n) is 2.54. The molecular weight excluding hydrogens is 321 g/mol. The second-order valence-corrected chi connectivity index (χ2v) is 5.81. The van der Waals surface area contributed by atoms with Crippen LogP contribution in [-0.4, -0.2) is 54.2 Å². The van der Waals surface area contributed by atoms with Crippen molar-refractivity contribution >= 4 is 28.6 Å². The smallest absolute Gasteiger partial charge is 0.318 e. The summed E-state index contributed by atoms with van der Waals surface area (Å²) in [5.74, 6) is -0.105. The number of esters is 1. The van der Waals surface area contributed by atoms with E-state index in [0.29, 0.717) is 6.61 Å². The summed E-state index contributed by atoms with van der Waals surface area (Å²) in [5, 5.41) is 0. The maximum absolute atomic E-state index is 11.2. The van der Waals surface area contributed by atoms with Crippen LogP contribution in [0.4, 0.5) is 0 Å². The summed E-state index contributed by atoms with van der Waals surface area (Å²) in [6, 6.07) is 0. The van der Waals surface area contributed by atoms with E-state index in [1.807, 2.05) is 6.92 Å². The van der Waals surface area contributed by atoms with Gasteiger partial charge in [-0.2, -0.15) is 0 Å². The van der Waals surface area contributed by atoms with Crippen molar-refractivity contribution in [3.8, 4) is 0 Å². The normalized spacial score (nSPS) is 19.4. The SMILES string of the molecule is CC(I)C(=O)OCCCCN1CCOCC1. The van der Waals surface area contributed by atoms with Crippen molar-refractivity contribution in [1.82, 2.24) is 4.90 Å². The van der Waals surface area contributed by atoms with Crippen molar-refractivity contribution in [2.75, 3.05) is 39.5 Å². The first kappa shape index (κ1) is 14.2. The van der Waals surface area contributed by atoms with Gasteiger partial charge in [-0.05, 0) is 26.3 Å². The topological polar surface area (TPSA) is 38.8 Å². The summed E-state index contributed by atoms with van der Waals surface area (Å²) >= 11 is 2.07. The van der Waals surface area contributed by atoms with Crippen LogP contribution >= 0.6 is 22.6 Å². The first-order chi connectivity index (χ1) is 7.70. The number of carbonyl (C=O) groups is 1. The molecule has 1 rings (SSSR count). The van der Waals surface area contributed by atoms with Gasteiger partial charge in [-0.15, -0.1) is 0 Å². The standard InChI is InChI=1S/C11H20INO3/c1-10(12)11(14)16-7-3-2-4-13-5-8-15-9-6-13/h10H,2-9H2,1H3. The maximum Gasteiger partial charge on any atom is 0.318 e. The minimum atomic E-state index is -0.105. The van der Waals surface area contributed by atoms with E-state index in [9.17, 15) is 4.79 Å². The van der Waals surface area contributed by atoms with E-state index in [1.165, 1.54) is 0 Å². The summed E-state index contributed by atoms with van der Waals surface area (Å²) in [4.78, 5) is 13.5. The molecule has 0 aromatic rings. The van der Waals surface area contributed by atoms with E-state index in [0.717, 1.165) is 45.7 Å². The predicted molar refractivity (Wildman–Crippen MR) is 70.9 cm³/mol. The minimum Gasteiger partial charge on any atom is -0.465 e. The Hall–Kier alpha value is 0.120. The molecular formula is C11H20INO3. The van der Waals surface area contributed by atoms with E-state index >= 15 is 0 Å². The van der Waals surface area contributed by atoms with Crippen LogP contribution in [0, 0.1) is 0 Å². The molecule has 5 heteroatoms. The van der Waals surface area contributed by atoms with Crippen molar-refractivity contribution in [2.45, 2.75) is 23.7 Å². The van der Waals surface area contributed by atoms with Gasteiger partial charge in [0.15, 0.2) is 0 Å². The fraction of sp³-hybridized carbons (Fsp3) is 0.909. The molecule has 0 amide bonds. The molecule has 1 heterocycles. The molecule has 0 aromatic carbocycles. The van der Waals surface area contributed by atoms with E-state index in [-0.39, 0.29) is 9.89 Å². The highest BCUT2D eigenvalue weighted by atomic mass is 127. The third kappa shape index (κ3) is 6.00. The molecule has 4 nitrogen and oxygen atoms in total. The van der Waals surface area contributed by atoms with Crippen LogP contribution in [-0.2, 0) is 14.3 Å². The van der Waals surface area contributed by atoms with Gasteiger partial charge in [-0.3, -0.25) is 9.69 Å². The highest BCUT2D eigenvalue weighted by molar-refractivity contribution is 14.1. The maximum atomic E-state index is 11.2. The molecule has 1 saturated heterocycles. The van der Waals surface area contributed by atoms with Gasteiger partial charge >= 0.3 is 5.97 Å². The Labute approximate surface area is 111 Å². The zero-order valence-corrected chi connectivity index (χ0v) is 11.9. The van der Waals surface area contributed by atoms with Crippen LogP contribution in [0.5, 0.6) is 0 Å². The molecule has 0 N–H and O–H groups in total. The lowest BCUT2D eigenvalue weighted by Gasteiger charge is -2.26. The molecule has 1 fully saturated rings. The van der Waals surface area contributed by atoms with Crippen molar-refractivity contribution in [2.24, 2.45) is 0 Å². The molecule has 0 radical (unpaired) electrons. The van der Waals surface area contributed by atoms with Crippen LogP contribution in [0.15, 0.2) is 0 Å². The van der Waals surface area contributed by atoms with Gasteiger partial charge in [-0.1, -0.05) is 22.6 Å². The van der Waals surface area contributed by atoms with Gasteiger partial charge in [-0.25, -0.2) is 0 Å². The number of rotatable bonds is 6. The molecule has 0 aliphatic carbocycles. The molecule has 0 bridgehead atoms. The molecule has 1 aliphatic heterocycles. The largest absolute Gasteiger partial charge is 0.465 e. The number of halogens is 1. The van der Waals surface area contributed by atoms with Gasteiger partial charge in [0.2, 0.25) is 0 Å². The Bertz CT molecular complexity index is 205. The predicted octanol–water partition coefficient (Wildman–Crippen LogP) is 1.47. The number of carbonyl (C=O) groups excluding carboxylic acids is 1. The molecule has 1 atom stereocenters. The van der Waals surface area contributed by atoms with Gasteiger partial charge in [0.25, 0.3) is 0 Å². The van der Waals surface area contributed by atoms with Crippen LogP contribution in [0.3, 0.4) is 0 Å².